The largest absolute Gasteiger partial charge is 1.00 e. The topological polar surface area (TPSA) is 69.6 Å². The monoisotopic (exact) mass is 548 g/mol. The molecule has 2 aliphatic rings. The van der Waals surface area contributed by atoms with Crippen molar-refractivity contribution < 1.29 is 49.3 Å². The molecule has 1 N–H and O–H groups in total. The zero-order chi connectivity index (χ0) is 27.9. The number of rotatable bonds is 10. The van der Waals surface area contributed by atoms with Crippen LogP contribution in [0, 0.1) is 26.2 Å². The minimum Gasteiger partial charge on any atom is -0.550 e. The number of carbonyl (C=O) groups excluding carboxylic acids is 1. The summed E-state index contributed by atoms with van der Waals surface area (Å²) in [5.74, 6) is 0.0328. The Kier molecular flexibility index (Phi) is 9.26. The molecule has 3 aromatic rings. The van der Waals surface area contributed by atoms with Gasteiger partial charge in [-0.15, -0.1) is 0 Å². The maximum absolute atomic E-state index is 11.4. The molecule has 1 spiro atoms. The zero-order valence-electron chi connectivity index (χ0n) is 25.0. The molecule has 0 radical (unpaired) electrons. The summed E-state index contributed by atoms with van der Waals surface area (Å²) < 4.78 is 5.96. The summed E-state index contributed by atoms with van der Waals surface area (Å²) in [6.45, 7) is 10.6. The Bertz CT molecular complexity index is 1370. The van der Waals surface area contributed by atoms with Gasteiger partial charge in [0.25, 0.3) is 0 Å². The first kappa shape index (κ1) is 30.8. The van der Waals surface area contributed by atoms with Gasteiger partial charge >= 0.3 is 29.6 Å². The van der Waals surface area contributed by atoms with Crippen molar-refractivity contribution in [2.45, 2.75) is 91.1 Å². The van der Waals surface area contributed by atoms with E-state index in [-0.39, 0.29) is 47.3 Å². The second-order valence-electron chi connectivity index (χ2n) is 12.6. The summed E-state index contributed by atoms with van der Waals surface area (Å²) in [7, 11) is 0. The van der Waals surface area contributed by atoms with Gasteiger partial charge in [-0.3, -0.25) is 0 Å². The van der Waals surface area contributed by atoms with Gasteiger partial charge in [-0.25, -0.2) is 0 Å². The van der Waals surface area contributed by atoms with E-state index in [9.17, 15) is 15.0 Å². The van der Waals surface area contributed by atoms with Crippen molar-refractivity contribution in [2.24, 2.45) is 5.41 Å². The van der Waals surface area contributed by atoms with Crippen LogP contribution in [0.2, 0.25) is 0 Å². The predicted molar refractivity (Wildman–Crippen MR) is 154 cm³/mol. The molecular formula is C35H41NaO4. The molecule has 0 aliphatic heterocycles. The maximum atomic E-state index is 11.4. The van der Waals surface area contributed by atoms with E-state index in [0.717, 1.165) is 37.9 Å². The molecule has 0 saturated heterocycles. The van der Waals surface area contributed by atoms with Crippen LogP contribution < -0.4 is 39.4 Å². The van der Waals surface area contributed by atoms with Crippen LogP contribution in [0.3, 0.4) is 0 Å². The van der Waals surface area contributed by atoms with Gasteiger partial charge in [-0.2, -0.15) is 0 Å². The van der Waals surface area contributed by atoms with Crippen molar-refractivity contribution in [3.05, 3.63) is 87.5 Å². The molecule has 0 amide bonds. The number of carboxylic acid groups (broad SMARTS) is 1. The number of hydrogen-bond donors (Lipinski definition) is 1. The molecule has 5 heteroatoms. The number of carboxylic acids is 1. The van der Waals surface area contributed by atoms with Gasteiger partial charge in [0.05, 0.1) is 12.2 Å². The first-order valence-electron chi connectivity index (χ1n) is 14.3. The third kappa shape index (κ3) is 6.68. The van der Waals surface area contributed by atoms with E-state index in [1.54, 1.807) is 13.8 Å². The molecule has 3 aromatic carbocycles. The van der Waals surface area contributed by atoms with E-state index in [0.29, 0.717) is 13.0 Å². The predicted octanol–water partition coefficient (Wildman–Crippen LogP) is 3.17. The summed E-state index contributed by atoms with van der Waals surface area (Å²) in [5, 5.41) is 21.3. The normalized spacial score (nSPS) is 16.9. The number of fused-ring (bicyclic) bond motifs is 1. The van der Waals surface area contributed by atoms with Crippen molar-refractivity contribution in [1.82, 2.24) is 0 Å². The molecule has 4 nitrogen and oxygen atoms in total. The minimum absolute atomic E-state index is 0. The van der Waals surface area contributed by atoms with Crippen molar-refractivity contribution in [3.63, 3.8) is 0 Å². The molecule has 1 atom stereocenters. The summed E-state index contributed by atoms with van der Waals surface area (Å²) in [5.41, 5.74) is 10.9. The molecule has 40 heavy (non-hydrogen) atoms. The molecule has 5 rings (SSSR count). The van der Waals surface area contributed by atoms with Crippen LogP contribution in [-0.4, -0.2) is 23.3 Å². The van der Waals surface area contributed by atoms with Crippen LogP contribution in [0.5, 0.6) is 5.75 Å². The first-order valence-corrected chi connectivity index (χ1v) is 14.3. The number of aliphatic carboxylic acids is 1. The van der Waals surface area contributed by atoms with E-state index in [4.69, 9.17) is 4.74 Å². The third-order valence-electron chi connectivity index (χ3n) is 9.01. The molecule has 1 fully saturated rings. The molecule has 1 unspecified atom stereocenters. The average Bonchev–Trinajstić information content (AvgIpc) is 3.55. The molecule has 206 valence electrons. The van der Waals surface area contributed by atoms with Gasteiger partial charge in [-0.1, -0.05) is 36.4 Å². The summed E-state index contributed by atoms with van der Waals surface area (Å²) in [6.07, 6.45) is 5.93. The van der Waals surface area contributed by atoms with Gasteiger partial charge in [-0.05, 0) is 147 Å². The van der Waals surface area contributed by atoms with Crippen molar-refractivity contribution in [2.75, 3.05) is 6.61 Å². The molecule has 1 saturated carbocycles. The molecule has 0 heterocycles. The molecular weight excluding hydrogens is 507 g/mol. The van der Waals surface area contributed by atoms with Gasteiger partial charge in [0.1, 0.15) is 5.75 Å². The van der Waals surface area contributed by atoms with Crippen LogP contribution in [-0.2, 0) is 24.1 Å². The Morgan fingerprint density at radius 2 is 1.75 bits per heavy atom. The second-order valence-corrected chi connectivity index (χ2v) is 12.6. The van der Waals surface area contributed by atoms with E-state index < -0.39 is 11.6 Å². The van der Waals surface area contributed by atoms with Crippen LogP contribution in [0.25, 0.3) is 11.1 Å². The van der Waals surface area contributed by atoms with Gasteiger partial charge in [0.15, 0.2) is 0 Å². The smallest absolute Gasteiger partial charge is 0.550 e. The average molecular weight is 549 g/mol. The number of ether oxygens (including phenoxy) is 1. The molecule has 2 aliphatic carbocycles. The first-order chi connectivity index (χ1) is 18.5. The van der Waals surface area contributed by atoms with Gasteiger partial charge < -0.3 is 19.7 Å². The van der Waals surface area contributed by atoms with Crippen molar-refractivity contribution in [3.8, 4) is 16.9 Å². The van der Waals surface area contributed by atoms with Crippen LogP contribution >= 0.6 is 0 Å². The van der Waals surface area contributed by atoms with E-state index in [2.05, 4.69) is 69.3 Å². The van der Waals surface area contributed by atoms with Crippen molar-refractivity contribution in [1.29, 1.82) is 0 Å². The standard InChI is InChI=1S/C35H42O4.Na/c1-22-17-28(39-16-15-34(4,5)38)18-23(2)33(22)29-8-6-7-26(24(29)3)11-9-25-10-12-30-27(19-25)21-35(13-14-35)31(30)20-32(36)37;/h6-8,10,12,17-19,31,38H,9,11,13-16,20-21H2,1-5H3,(H,36,37);/q;+1/p-1. The molecule has 0 aromatic heterocycles. The van der Waals surface area contributed by atoms with Crippen LogP contribution in [0.1, 0.15) is 84.4 Å². The zero-order valence-corrected chi connectivity index (χ0v) is 27.0. The number of aliphatic hydroxyl groups is 1. The Morgan fingerprint density at radius 3 is 2.38 bits per heavy atom. The van der Waals surface area contributed by atoms with Gasteiger partial charge in [0, 0.05) is 12.4 Å². The van der Waals surface area contributed by atoms with E-state index in [1.165, 1.54) is 50.1 Å². The Balaban J connectivity index is 0.00000370. The number of benzene rings is 3. The van der Waals surface area contributed by atoms with E-state index in [1.807, 2.05) is 0 Å². The SMILES string of the molecule is Cc1cc(OCCC(C)(C)O)cc(C)c1-c1cccc(CCc2ccc3c(c2)CC2(CC2)C3CC(=O)[O-])c1C.[Na+]. The number of aryl methyl sites for hydroxylation is 4. The van der Waals surface area contributed by atoms with E-state index >= 15 is 0 Å². The fourth-order valence-electron chi connectivity index (χ4n) is 6.67. The maximum Gasteiger partial charge on any atom is 1.00 e. The summed E-state index contributed by atoms with van der Waals surface area (Å²) in [6, 6.07) is 17.5. The van der Waals surface area contributed by atoms with Crippen molar-refractivity contribution >= 4 is 5.97 Å². The fourth-order valence-corrected chi connectivity index (χ4v) is 6.67. The van der Waals surface area contributed by atoms with Crippen LogP contribution in [0.15, 0.2) is 48.5 Å². The molecule has 0 bridgehead atoms. The number of hydrogen-bond acceptors (Lipinski definition) is 4. The third-order valence-corrected chi connectivity index (χ3v) is 9.01. The summed E-state index contributed by atoms with van der Waals surface area (Å²) in [4.78, 5) is 11.4. The quantitative estimate of drug-likeness (QED) is 0.395. The summed E-state index contributed by atoms with van der Waals surface area (Å²) >= 11 is 0. The second kappa shape index (κ2) is 12.0. The van der Waals surface area contributed by atoms with Crippen LogP contribution in [0.4, 0.5) is 0 Å². The Labute approximate surface area is 261 Å². The Hall–Kier alpha value is -2.11. The fraction of sp³-hybridized carbons (Fsp3) is 0.457. The van der Waals surface area contributed by atoms with Gasteiger partial charge in [0.2, 0.25) is 0 Å². The Morgan fingerprint density at radius 1 is 1.05 bits per heavy atom. The minimum atomic E-state index is -0.933. The number of carbonyl (C=O) groups is 1.